The molecule has 0 aliphatic heterocycles. The zero-order valence-corrected chi connectivity index (χ0v) is 12.4. The van der Waals surface area contributed by atoms with Gasteiger partial charge in [0.2, 0.25) is 10.0 Å². The average molecular weight is 300 g/mol. The van der Waals surface area contributed by atoms with Crippen LogP contribution in [0.1, 0.15) is 36.2 Å². The van der Waals surface area contributed by atoms with Crippen molar-refractivity contribution < 1.29 is 18.3 Å². The van der Waals surface area contributed by atoms with Crippen LogP contribution in [0.15, 0.2) is 23.1 Å². The van der Waals surface area contributed by atoms with Crippen molar-refractivity contribution in [3.8, 4) is 0 Å². The molecule has 1 aromatic carbocycles. The first-order valence-corrected chi connectivity index (χ1v) is 7.92. The molecule has 0 saturated carbocycles. The van der Waals surface area contributed by atoms with Crippen molar-refractivity contribution in [2.24, 2.45) is 5.14 Å². The van der Waals surface area contributed by atoms with E-state index in [-0.39, 0.29) is 16.5 Å². The summed E-state index contributed by atoms with van der Waals surface area (Å²) in [7, 11) is -3.83. The number of carboxylic acids is 1. The molecule has 0 aliphatic rings. The predicted molar refractivity (Wildman–Crippen MR) is 76.2 cm³/mol. The fraction of sp³-hybridized carbons (Fsp3) is 0.462. The van der Waals surface area contributed by atoms with E-state index in [0.29, 0.717) is 18.4 Å². The second-order valence-corrected chi connectivity index (χ2v) is 6.23. The molecule has 7 heteroatoms. The third-order valence-corrected chi connectivity index (χ3v) is 3.95. The van der Waals surface area contributed by atoms with E-state index in [2.05, 4.69) is 5.32 Å². The Kier molecular flexibility index (Phi) is 5.67. The van der Waals surface area contributed by atoms with Crippen LogP contribution in [0.25, 0.3) is 0 Å². The molecule has 6 nitrogen and oxygen atoms in total. The van der Waals surface area contributed by atoms with Crippen LogP contribution in [0.3, 0.4) is 0 Å². The molecule has 0 amide bonds. The Bertz CT molecular complexity index is 584. The van der Waals surface area contributed by atoms with Gasteiger partial charge in [0.1, 0.15) is 0 Å². The lowest BCUT2D eigenvalue weighted by molar-refractivity contribution is 0.0695. The van der Waals surface area contributed by atoms with Crippen molar-refractivity contribution in [1.82, 2.24) is 5.32 Å². The van der Waals surface area contributed by atoms with E-state index in [1.54, 1.807) is 0 Å². The van der Waals surface area contributed by atoms with Crippen LogP contribution >= 0.6 is 0 Å². The highest BCUT2D eigenvalue weighted by Gasteiger charge is 2.15. The van der Waals surface area contributed by atoms with Crippen LogP contribution in [0.2, 0.25) is 0 Å². The van der Waals surface area contributed by atoms with Crippen molar-refractivity contribution in [3.05, 3.63) is 29.3 Å². The molecule has 0 radical (unpaired) electrons. The summed E-state index contributed by atoms with van der Waals surface area (Å²) in [5.74, 6) is -1.07. The molecule has 1 atom stereocenters. The van der Waals surface area contributed by atoms with E-state index in [1.165, 1.54) is 18.2 Å². The van der Waals surface area contributed by atoms with Crippen molar-refractivity contribution in [3.63, 3.8) is 0 Å². The third-order valence-electron chi connectivity index (χ3n) is 3.03. The van der Waals surface area contributed by atoms with Crippen LogP contribution in [0.4, 0.5) is 0 Å². The Labute approximate surface area is 119 Å². The topological polar surface area (TPSA) is 109 Å². The number of carboxylic acid groups (broad SMARTS) is 1. The van der Waals surface area contributed by atoms with Crippen molar-refractivity contribution >= 4 is 16.0 Å². The summed E-state index contributed by atoms with van der Waals surface area (Å²) in [6, 6.07) is 4.07. The van der Waals surface area contributed by atoms with Gasteiger partial charge in [-0.1, -0.05) is 6.92 Å². The highest BCUT2D eigenvalue weighted by Crippen LogP contribution is 2.17. The molecule has 1 rings (SSSR count). The number of carbonyl (C=O) groups is 1. The number of benzene rings is 1. The Morgan fingerprint density at radius 3 is 2.60 bits per heavy atom. The first-order chi connectivity index (χ1) is 9.25. The lowest BCUT2D eigenvalue weighted by atomic mass is 10.0. The first-order valence-electron chi connectivity index (χ1n) is 6.38. The molecule has 4 N–H and O–H groups in total. The molecular weight excluding hydrogens is 280 g/mol. The zero-order valence-electron chi connectivity index (χ0n) is 11.6. The fourth-order valence-corrected chi connectivity index (χ4v) is 2.55. The smallest absolute Gasteiger partial charge is 0.335 e. The third kappa shape index (κ3) is 4.59. The summed E-state index contributed by atoms with van der Waals surface area (Å²) in [5, 5.41) is 17.4. The second kappa shape index (κ2) is 6.83. The summed E-state index contributed by atoms with van der Waals surface area (Å²) in [6.07, 6.45) is 1.18. The molecule has 112 valence electrons. The first kappa shape index (κ1) is 16.6. The molecule has 1 aromatic rings. The maximum Gasteiger partial charge on any atom is 0.335 e. The lowest BCUT2D eigenvalue weighted by Crippen LogP contribution is -2.26. The predicted octanol–water partition coefficient (Wildman–Crippen LogP) is 0.963. The molecule has 0 saturated heterocycles. The second-order valence-electron chi connectivity index (χ2n) is 4.67. The number of primary sulfonamides is 1. The summed E-state index contributed by atoms with van der Waals surface area (Å²) in [6.45, 7) is 4.80. The van der Waals surface area contributed by atoms with Crippen molar-refractivity contribution in [2.45, 2.75) is 37.6 Å². The van der Waals surface area contributed by atoms with Crippen LogP contribution in [0, 0.1) is 0 Å². The SMILES string of the molecule is CCNC(C)CCc1cc(S(N)(=O)=O)ccc1C(=O)O. The van der Waals surface area contributed by atoms with Crippen LogP contribution in [-0.4, -0.2) is 32.1 Å². The minimum absolute atomic E-state index is 0.0615. The van der Waals surface area contributed by atoms with Gasteiger partial charge in [0.25, 0.3) is 0 Å². The van der Waals surface area contributed by atoms with Gasteiger partial charge >= 0.3 is 5.97 Å². The number of nitrogens with two attached hydrogens (primary N) is 1. The zero-order chi connectivity index (χ0) is 15.3. The Hall–Kier alpha value is -1.44. The van der Waals surface area contributed by atoms with Gasteiger partial charge in [-0.05, 0) is 50.1 Å². The largest absolute Gasteiger partial charge is 0.478 e. The minimum atomic E-state index is -3.83. The van der Waals surface area contributed by atoms with Gasteiger partial charge < -0.3 is 10.4 Å². The van der Waals surface area contributed by atoms with E-state index in [9.17, 15) is 13.2 Å². The van der Waals surface area contributed by atoms with E-state index < -0.39 is 16.0 Å². The Balaban J connectivity index is 3.04. The van der Waals surface area contributed by atoms with Crippen LogP contribution in [0.5, 0.6) is 0 Å². The fourth-order valence-electron chi connectivity index (χ4n) is 1.99. The minimum Gasteiger partial charge on any atom is -0.478 e. The summed E-state index contributed by atoms with van der Waals surface area (Å²) >= 11 is 0. The summed E-state index contributed by atoms with van der Waals surface area (Å²) < 4.78 is 22.6. The summed E-state index contributed by atoms with van der Waals surface area (Å²) in [5.41, 5.74) is 0.592. The molecule has 0 bridgehead atoms. The summed E-state index contributed by atoms with van der Waals surface area (Å²) in [4.78, 5) is 11.1. The highest BCUT2D eigenvalue weighted by atomic mass is 32.2. The van der Waals surface area contributed by atoms with Gasteiger partial charge in [-0.3, -0.25) is 0 Å². The molecule has 0 heterocycles. The van der Waals surface area contributed by atoms with Gasteiger partial charge in [0, 0.05) is 6.04 Å². The maximum absolute atomic E-state index is 11.3. The Morgan fingerprint density at radius 2 is 2.10 bits per heavy atom. The van der Waals surface area contributed by atoms with Crippen molar-refractivity contribution in [2.75, 3.05) is 6.54 Å². The van der Waals surface area contributed by atoms with E-state index in [0.717, 1.165) is 6.54 Å². The molecule has 1 unspecified atom stereocenters. The van der Waals surface area contributed by atoms with E-state index in [1.807, 2.05) is 13.8 Å². The number of aryl methyl sites for hydroxylation is 1. The number of hydrogen-bond donors (Lipinski definition) is 3. The molecule has 0 aliphatic carbocycles. The number of nitrogens with one attached hydrogen (secondary N) is 1. The quantitative estimate of drug-likeness (QED) is 0.695. The molecular formula is C13H20N2O4S. The monoisotopic (exact) mass is 300 g/mol. The lowest BCUT2D eigenvalue weighted by Gasteiger charge is -2.13. The Morgan fingerprint density at radius 1 is 1.45 bits per heavy atom. The van der Waals surface area contributed by atoms with Crippen LogP contribution in [-0.2, 0) is 16.4 Å². The normalized spacial score (nSPS) is 13.2. The van der Waals surface area contributed by atoms with E-state index in [4.69, 9.17) is 10.2 Å². The average Bonchev–Trinajstić information content (AvgIpc) is 2.35. The molecule has 0 fully saturated rings. The van der Waals surface area contributed by atoms with Crippen molar-refractivity contribution in [1.29, 1.82) is 0 Å². The van der Waals surface area contributed by atoms with Gasteiger partial charge in [-0.2, -0.15) is 0 Å². The maximum atomic E-state index is 11.3. The number of rotatable bonds is 7. The standard InChI is InChI=1S/C13H20N2O4S/c1-3-15-9(2)4-5-10-8-11(20(14,18)19)6-7-12(10)13(16)17/h6-9,15H,3-5H2,1-2H3,(H,16,17)(H2,14,18,19). The highest BCUT2D eigenvalue weighted by molar-refractivity contribution is 7.89. The van der Waals surface area contributed by atoms with Gasteiger partial charge in [-0.15, -0.1) is 0 Å². The van der Waals surface area contributed by atoms with Gasteiger partial charge in [0.15, 0.2) is 0 Å². The molecule has 20 heavy (non-hydrogen) atoms. The molecule has 0 spiro atoms. The van der Waals surface area contributed by atoms with Gasteiger partial charge in [-0.25, -0.2) is 18.4 Å². The number of aromatic carboxylic acids is 1. The van der Waals surface area contributed by atoms with E-state index >= 15 is 0 Å². The number of sulfonamides is 1. The van der Waals surface area contributed by atoms with Crippen LogP contribution < -0.4 is 10.5 Å². The molecule has 0 aromatic heterocycles. The van der Waals surface area contributed by atoms with Gasteiger partial charge in [0.05, 0.1) is 10.5 Å². The number of hydrogen-bond acceptors (Lipinski definition) is 4.